The van der Waals surface area contributed by atoms with E-state index in [4.69, 9.17) is 17.0 Å². The normalized spacial score (nSPS) is 15.9. The van der Waals surface area contributed by atoms with Crippen molar-refractivity contribution in [1.82, 2.24) is 0 Å². The van der Waals surface area contributed by atoms with E-state index >= 15 is 0 Å². The first kappa shape index (κ1) is 18.2. The van der Waals surface area contributed by atoms with Gasteiger partial charge in [0, 0.05) is 5.92 Å². The predicted octanol–water partition coefficient (Wildman–Crippen LogP) is 7.09. The van der Waals surface area contributed by atoms with Gasteiger partial charge in [-0.3, -0.25) is 0 Å². The number of hydrogen-bond acceptors (Lipinski definition) is 0. The molecule has 0 radical (unpaired) electrons. The van der Waals surface area contributed by atoms with Gasteiger partial charge >= 0.3 is 37.9 Å². The van der Waals surface area contributed by atoms with E-state index < -0.39 is 20.8 Å². The zero-order valence-corrected chi connectivity index (χ0v) is 17.6. The van der Waals surface area contributed by atoms with Gasteiger partial charge in [0.05, 0.1) is 0 Å². The monoisotopic (exact) mass is 432 g/mol. The summed E-state index contributed by atoms with van der Waals surface area (Å²) < 4.78 is 0. The van der Waals surface area contributed by atoms with Crippen LogP contribution in [-0.2, 0) is 20.8 Å². The van der Waals surface area contributed by atoms with Crippen LogP contribution in [0, 0.1) is 5.92 Å². The van der Waals surface area contributed by atoms with Crippen LogP contribution in [0.1, 0.15) is 36.8 Å². The standard InChI is InChI=1S/C21H20.2ClH.Zr/c1-2-16(15-9-3-4-10-15)21-19-13-7-5-11-17(19)18-12-6-8-14-20(18)21;;;/h3-9,11-14,16,21H,2,10H2,1H3;2*1H;/q;;;+2/p-2. The predicted molar refractivity (Wildman–Crippen MR) is 101 cm³/mol. The Morgan fingerprint density at radius 2 is 1.54 bits per heavy atom. The summed E-state index contributed by atoms with van der Waals surface area (Å²) >= 11 is -0.826. The van der Waals surface area contributed by atoms with Crippen LogP contribution in [0.4, 0.5) is 0 Å². The Hall–Kier alpha value is -0.617. The summed E-state index contributed by atoms with van der Waals surface area (Å²) in [4.78, 5) is 0. The molecule has 0 heterocycles. The number of fused-ring (bicyclic) bond motifs is 3. The van der Waals surface area contributed by atoms with Crippen molar-refractivity contribution in [3.05, 3.63) is 83.5 Å². The molecule has 2 aromatic carbocycles. The second-order valence-electron chi connectivity index (χ2n) is 6.11. The molecule has 0 saturated heterocycles. The Balaban J connectivity index is 0.000000526. The van der Waals surface area contributed by atoms with Gasteiger partial charge in [0.15, 0.2) is 0 Å². The third-order valence-electron chi connectivity index (χ3n) is 5.00. The molecule has 0 aromatic heterocycles. The molecular weight excluding hydrogens is 414 g/mol. The molecule has 0 bridgehead atoms. The van der Waals surface area contributed by atoms with Gasteiger partial charge in [0.25, 0.3) is 0 Å². The summed E-state index contributed by atoms with van der Waals surface area (Å²) in [6.07, 6.45) is 9.15. The molecule has 1 atom stereocenters. The van der Waals surface area contributed by atoms with Crippen molar-refractivity contribution in [2.24, 2.45) is 5.92 Å². The van der Waals surface area contributed by atoms with Gasteiger partial charge in [-0.1, -0.05) is 79.3 Å². The minimum atomic E-state index is -0.826. The molecule has 2 aromatic rings. The van der Waals surface area contributed by atoms with Gasteiger partial charge in [-0.05, 0) is 41.0 Å². The van der Waals surface area contributed by atoms with Crippen LogP contribution in [0.3, 0.4) is 0 Å². The maximum absolute atomic E-state index is 4.93. The topological polar surface area (TPSA) is 0 Å². The zero-order chi connectivity index (χ0) is 16.9. The van der Waals surface area contributed by atoms with Crippen LogP contribution in [0.25, 0.3) is 11.1 Å². The summed E-state index contributed by atoms with van der Waals surface area (Å²) in [7, 11) is 9.87. The van der Waals surface area contributed by atoms with E-state index in [0.29, 0.717) is 11.8 Å². The molecule has 0 nitrogen and oxygen atoms in total. The van der Waals surface area contributed by atoms with Crippen LogP contribution in [0.15, 0.2) is 72.3 Å². The van der Waals surface area contributed by atoms with Gasteiger partial charge < -0.3 is 0 Å². The molecule has 3 heteroatoms. The molecule has 0 aliphatic heterocycles. The molecule has 0 fully saturated rings. The summed E-state index contributed by atoms with van der Waals surface area (Å²) in [5.74, 6) is 1.14. The number of rotatable bonds is 3. The summed E-state index contributed by atoms with van der Waals surface area (Å²) in [6, 6.07) is 17.9. The van der Waals surface area contributed by atoms with E-state index in [1.54, 1.807) is 5.57 Å². The van der Waals surface area contributed by atoms with Crippen molar-refractivity contribution in [3.63, 3.8) is 0 Å². The second kappa shape index (κ2) is 8.66. The van der Waals surface area contributed by atoms with E-state index in [0.717, 1.165) is 6.42 Å². The Bertz CT molecular complexity index is 718. The van der Waals surface area contributed by atoms with E-state index in [2.05, 4.69) is 73.7 Å². The minimum absolute atomic E-state index is 0.522. The molecule has 2 aliphatic carbocycles. The summed E-state index contributed by atoms with van der Waals surface area (Å²) in [5, 5.41) is 0. The molecule has 4 rings (SSSR count). The van der Waals surface area contributed by atoms with Gasteiger partial charge in [0.2, 0.25) is 0 Å². The Labute approximate surface area is 163 Å². The van der Waals surface area contributed by atoms with E-state index in [9.17, 15) is 0 Å². The van der Waals surface area contributed by atoms with Crippen molar-refractivity contribution in [3.8, 4) is 11.1 Å². The van der Waals surface area contributed by atoms with Crippen LogP contribution >= 0.6 is 17.0 Å². The van der Waals surface area contributed by atoms with Crippen molar-refractivity contribution < 1.29 is 20.8 Å². The molecule has 0 amide bonds. The average molecular weight is 435 g/mol. The molecule has 122 valence electrons. The molecule has 24 heavy (non-hydrogen) atoms. The van der Waals surface area contributed by atoms with E-state index in [1.807, 2.05) is 0 Å². The van der Waals surface area contributed by atoms with Gasteiger partial charge in [0.1, 0.15) is 0 Å². The third-order valence-corrected chi connectivity index (χ3v) is 5.00. The third kappa shape index (κ3) is 3.50. The van der Waals surface area contributed by atoms with Crippen molar-refractivity contribution in [2.75, 3.05) is 0 Å². The quantitative estimate of drug-likeness (QED) is 0.484. The second-order valence-corrected chi connectivity index (χ2v) is 9.84. The van der Waals surface area contributed by atoms with Gasteiger partial charge in [-0.15, -0.1) is 0 Å². The Kier molecular flexibility index (Phi) is 6.56. The zero-order valence-electron chi connectivity index (χ0n) is 13.7. The molecular formula is C21H20Cl2Zr. The SMILES string of the molecule is CCC(C1=CC=CC1)C1c2ccccc2-c2ccccc21.[Cl][Zr][Cl]. The van der Waals surface area contributed by atoms with Crippen LogP contribution in [0.5, 0.6) is 0 Å². The fourth-order valence-corrected chi connectivity index (χ4v) is 4.08. The first-order valence-corrected chi connectivity index (χ1v) is 14.6. The van der Waals surface area contributed by atoms with Gasteiger partial charge in [-0.2, -0.15) is 0 Å². The van der Waals surface area contributed by atoms with Crippen molar-refractivity contribution in [2.45, 2.75) is 25.7 Å². The molecule has 0 N–H and O–H groups in total. The number of allylic oxidation sites excluding steroid dienone is 4. The van der Waals surface area contributed by atoms with E-state index in [-0.39, 0.29) is 0 Å². The molecule has 2 aliphatic rings. The Morgan fingerprint density at radius 1 is 1.00 bits per heavy atom. The average Bonchev–Trinajstić information content (AvgIpc) is 3.24. The number of hydrogen-bond donors (Lipinski definition) is 0. The first-order valence-electron chi connectivity index (χ1n) is 8.31. The first-order chi connectivity index (χ1) is 11.8. The fraction of sp³-hybridized carbons (Fsp3) is 0.238. The van der Waals surface area contributed by atoms with E-state index in [1.165, 1.54) is 28.7 Å². The van der Waals surface area contributed by atoms with Gasteiger partial charge in [-0.25, -0.2) is 0 Å². The van der Waals surface area contributed by atoms with Crippen molar-refractivity contribution in [1.29, 1.82) is 0 Å². The van der Waals surface area contributed by atoms with Crippen LogP contribution in [-0.4, -0.2) is 0 Å². The maximum atomic E-state index is 4.93. The summed E-state index contributed by atoms with van der Waals surface area (Å²) in [5.41, 5.74) is 7.48. The van der Waals surface area contributed by atoms with Crippen LogP contribution < -0.4 is 0 Å². The molecule has 0 spiro atoms. The van der Waals surface area contributed by atoms with Crippen molar-refractivity contribution >= 4 is 17.0 Å². The number of benzene rings is 2. The molecule has 0 saturated carbocycles. The fourth-order valence-electron chi connectivity index (χ4n) is 4.08. The number of halogens is 2. The summed E-state index contributed by atoms with van der Waals surface area (Å²) in [6.45, 7) is 2.33. The molecule has 1 unspecified atom stereocenters. The van der Waals surface area contributed by atoms with Crippen LogP contribution in [0.2, 0.25) is 0 Å². The Morgan fingerprint density at radius 3 is 2.00 bits per heavy atom.